The minimum absolute atomic E-state index is 0.209. The topological polar surface area (TPSA) is 41.1 Å². The van der Waals surface area contributed by atoms with Crippen molar-refractivity contribution >= 4 is 34.9 Å². The van der Waals surface area contributed by atoms with Crippen LogP contribution in [0.15, 0.2) is 18.2 Å². The molecule has 1 rings (SSSR count). The van der Waals surface area contributed by atoms with Crippen molar-refractivity contribution in [3.8, 4) is 0 Å². The third-order valence-corrected chi connectivity index (χ3v) is 3.34. The third kappa shape index (κ3) is 5.70. The molecule has 0 heterocycles. The van der Waals surface area contributed by atoms with Crippen LogP contribution < -0.4 is 10.6 Å². The largest absolute Gasteiger partial charge is 0.335 e. The summed E-state index contributed by atoms with van der Waals surface area (Å²) in [5, 5.41) is 6.69. The number of carbonyl (C=O) groups is 1. The second-order valence-electron chi connectivity index (χ2n) is 4.50. The lowest BCUT2D eigenvalue weighted by Gasteiger charge is -2.18. The zero-order chi connectivity index (χ0) is 14.3. The van der Waals surface area contributed by atoms with Crippen LogP contribution in [0.25, 0.3) is 0 Å². The van der Waals surface area contributed by atoms with Gasteiger partial charge in [0.05, 0.1) is 10.7 Å². The minimum atomic E-state index is -0.226. The van der Waals surface area contributed by atoms with Gasteiger partial charge in [-0.25, -0.2) is 4.79 Å². The first kappa shape index (κ1) is 16.1. The molecule has 0 aromatic heterocycles. The number of urea groups is 1. The summed E-state index contributed by atoms with van der Waals surface area (Å²) in [6.45, 7) is 4.22. The van der Waals surface area contributed by atoms with Crippen LogP contribution in [0, 0.1) is 0 Å². The number of nitrogens with one attached hydrogen (secondary N) is 2. The highest BCUT2D eigenvalue weighted by molar-refractivity contribution is 6.36. The van der Waals surface area contributed by atoms with Gasteiger partial charge < -0.3 is 10.6 Å². The smallest absolute Gasteiger partial charge is 0.319 e. The average Bonchev–Trinajstić information content (AvgIpc) is 2.33. The van der Waals surface area contributed by atoms with Crippen molar-refractivity contribution in [1.29, 1.82) is 0 Å². The van der Waals surface area contributed by atoms with E-state index in [2.05, 4.69) is 24.5 Å². The number of hydrogen-bond acceptors (Lipinski definition) is 1. The number of hydrogen-bond donors (Lipinski definition) is 2. The Morgan fingerprint density at radius 2 is 1.84 bits per heavy atom. The van der Waals surface area contributed by atoms with E-state index < -0.39 is 0 Å². The number of amides is 2. The van der Waals surface area contributed by atoms with Gasteiger partial charge in [-0.1, -0.05) is 49.9 Å². The van der Waals surface area contributed by atoms with E-state index in [0.29, 0.717) is 15.7 Å². The molecule has 0 saturated heterocycles. The molecule has 0 fully saturated rings. The summed E-state index contributed by atoms with van der Waals surface area (Å²) >= 11 is 11.8. The van der Waals surface area contributed by atoms with Crippen LogP contribution in [0.2, 0.25) is 10.0 Å². The Kier molecular flexibility index (Phi) is 7.03. The molecular weight excluding hydrogens is 283 g/mol. The van der Waals surface area contributed by atoms with Gasteiger partial charge in [-0.05, 0) is 31.0 Å². The molecule has 5 heteroatoms. The van der Waals surface area contributed by atoms with Crippen molar-refractivity contribution in [2.75, 3.05) is 5.32 Å². The van der Waals surface area contributed by atoms with Crippen molar-refractivity contribution in [3.63, 3.8) is 0 Å². The van der Waals surface area contributed by atoms with E-state index in [9.17, 15) is 4.79 Å². The van der Waals surface area contributed by atoms with Crippen molar-refractivity contribution in [3.05, 3.63) is 28.2 Å². The molecular formula is C14H20Cl2N2O. The molecule has 19 heavy (non-hydrogen) atoms. The first-order valence-corrected chi connectivity index (χ1v) is 7.35. The van der Waals surface area contributed by atoms with Gasteiger partial charge in [0, 0.05) is 11.1 Å². The number of halogens is 2. The van der Waals surface area contributed by atoms with E-state index in [1.807, 2.05) is 0 Å². The molecule has 0 unspecified atom stereocenters. The van der Waals surface area contributed by atoms with Crippen LogP contribution in [0.3, 0.4) is 0 Å². The second-order valence-corrected chi connectivity index (χ2v) is 5.34. The monoisotopic (exact) mass is 302 g/mol. The Labute approximate surface area is 124 Å². The molecule has 0 bridgehead atoms. The molecule has 0 radical (unpaired) electrons. The van der Waals surface area contributed by atoms with Gasteiger partial charge in [-0.3, -0.25) is 0 Å². The molecule has 3 nitrogen and oxygen atoms in total. The SMILES string of the molecule is CCCC(CCC)NC(=O)Nc1ccc(Cl)cc1Cl. The quantitative estimate of drug-likeness (QED) is 0.755. The maximum absolute atomic E-state index is 11.9. The Hall–Kier alpha value is -0.930. The van der Waals surface area contributed by atoms with Crippen LogP contribution in [0.5, 0.6) is 0 Å². The van der Waals surface area contributed by atoms with Gasteiger partial charge in [0.2, 0.25) is 0 Å². The predicted octanol–water partition coefficient (Wildman–Crippen LogP) is 5.08. The zero-order valence-electron chi connectivity index (χ0n) is 11.3. The van der Waals surface area contributed by atoms with Crippen LogP contribution in [-0.4, -0.2) is 12.1 Å². The third-order valence-electron chi connectivity index (χ3n) is 2.79. The summed E-state index contributed by atoms with van der Waals surface area (Å²) in [5.41, 5.74) is 0.565. The summed E-state index contributed by atoms with van der Waals surface area (Å²) in [5.74, 6) is 0. The van der Waals surface area contributed by atoms with Crippen LogP contribution >= 0.6 is 23.2 Å². The highest BCUT2D eigenvalue weighted by Gasteiger charge is 2.11. The van der Waals surface area contributed by atoms with Crippen LogP contribution in [0.4, 0.5) is 10.5 Å². The van der Waals surface area contributed by atoms with Gasteiger partial charge in [0.1, 0.15) is 0 Å². The molecule has 0 aliphatic carbocycles. The molecule has 0 aliphatic heterocycles. The summed E-state index contributed by atoms with van der Waals surface area (Å²) in [7, 11) is 0. The molecule has 0 saturated carbocycles. The first-order valence-electron chi connectivity index (χ1n) is 6.59. The summed E-state index contributed by atoms with van der Waals surface area (Å²) in [6, 6.07) is 4.98. The van der Waals surface area contributed by atoms with Crippen LogP contribution in [-0.2, 0) is 0 Å². The average molecular weight is 303 g/mol. The lowest BCUT2D eigenvalue weighted by Crippen LogP contribution is -2.37. The van der Waals surface area contributed by atoms with E-state index in [0.717, 1.165) is 25.7 Å². The maximum atomic E-state index is 11.9. The van der Waals surface area contributed by atoms with E-state index in [1.165, 1.54) is 0 Å². The van der Waals surface area contributed by atoms with E-state index >= 15 is 0 Å². The standard InChI is InChI=1S/C14H20Cl2N2O/c1-3-5-11(6-4-2)17-14(19)18-13-8-7-10(15)9-12(13)16/h7-9,11H,3-6H2,1-2H3,(H2,17,18,19). The first-order chi connectivity index (χ1) is 9.06. The molecule has 1 aromatic rings. The maximum Gasteiger partial charge on any atom is 0.319 e. The van der Waals surface area contributed by atoms with Gasteiger partial charge >= 0.3 is 6.03 Å². The predicted molar refractivity (Wildman–Crippen MR) is 82.2 cm³/mol. The van der Waals surface area contributed by atoms with E-state index in [1.54, 1.807) is 18.2 Å². The van der Waals surface area contributed by atoms with Gasteiger partial charge in [0.25, 0.3) is 0 Å². The summed E-state index contributed by atoms with van der Waals surface area (Å²) in [6.07, 6.45) is 4.06. The number of anilines is 1. The fourth-order valence-electron chi connectivity index (χ4n) is 1.92. The highest BCUT2D eigenvalue weighted by Crippen LogP contribution is 2.25. The van der Waals surface area contributed by atoms with Crippen molar-refractivity contribution in [2.45, 2.75) is 45.6 Å². The summed E-state index contributed by atoms with van der Waals surface area (Å²) in [4.78, 5) is 11.9. The molecule has 2 N–H and O–H groups in total. The highest BCUT2D eigenvalue weighted by atomic mass is 35.5. The fourth-order valence-corrected chi connectivity index (χ4v) is 2.38. The Morgan fingerprint density at radius 3 is 2.37 bits per heavy atom. The van der Waals surface area contributed by atoms with Crippen molar-refractivity contribution in [1.82, 2.24) is 5.32 Å². The van der Waals surface area contributed by atoms with Gasteiger partial charge in [0.15, 0.2) is 0 Å². The van der Waals surface area contributed by atoms with Crippen molar-refractivity contribution in [2.24, 2.45) is 0 Å². The number of carbonyl (C=O) groups excluding carboxylic acids is 1. The van der Waals surface area contributed by atoms with Gasteiger partial charge in [-0.2, -0.15) is 0 Å². The van der Waals surface area contributed by atoms with E-state index in [4.69, 9.17) is 23.2 Å². The molecule has 106 valence electrons. The summed E-state index contributed by atoms with van der Waals surface area (Å²) < 4.78 is 0. The molecule has 0 spiro atoms. The Morgan fingerprint density at radius 1 is 1.21 bits per heavy atom. The van der Waals surface area contributed by atoms with Gasteiger partial charge in [-0.15, -0.1) is 0 Å². The number of benzene rings is 1. The lowest BCUT2D eigenvalue weighted by atomic mass is 10.1. The Bertz CT molecular complexity index is 418. The Balaban J connectivity index is 2.58. The van der Waals surface area contributed by atoms with Crippen molar-refractivity contribution < 1.29 is 4.79 Å². The minimum Gasteiger partial charge on any atom is -0.335 e. The molecule has 2 amide bonds. The second kappa shape index (κ2) is 8.28. The molecule has 1 aromatic carbocycles. The molecule has 0 aliphatic rings. The fraction of sp³-hybridized carbons (Fsp3) is 0.500. The molecule has 0 atom stereocenters. The zero-order valence-corrected chi connectivity index (χ0v) is 12.8. The van der Waals surface area contributed by atoms with Crippen LogP contribution in [0.1, 0.15) is 39.5 Å². The van der Waals surface area contributed by atoms with E-state index in [-0.39, 0.29) is 12.1 Å². The normalized spacial score (nSPS) is 10.6. The number of rotatable bonds is 6. The lowest BCUT2D eigenvalue weighted by molar-refractivity contribution is 0.246.